The number of carbonyl (C=O) groups excluding carboxylic acids is 2. The highest BCUT2D eigenvalue weighted by Crippen LogP contribution is 2.34. The van der Waals surface area contributed by atoms with E-state index in [1.807, 2.05) is 36.4 Å². The first-order valence-corrected chi connectivity index (χ1v) is 11.9. The average Bonchev–Trinajstić information content (AvgIpc) is 3.02. The van der Waals surface area contributed by atoms with E-state index in [0.29, 0.717) is 6.42 Å². The molecule has 0 radical (unpaired) electrons. The van der Waals surface area contributed by atoms with Crippen molar-refractivity contribution in [3.05, 3.63) is 42.5 Å². The first kappa shape index (κ1) is 25.3. The lowest BCUT2D eigenvalue weighted by molar-refractivity contribution is -0.121. The van der Waals surface area contributed by atoms with Gasteiger partial charge in [-0.2, -0.15) is 0 Å². The number of unbranched alkanes of at least 4 members (excludes halogenated alkanes) is 5. The largest absolute Gasteiger partial charge is 0.392 e. The second-order valence-electron chi connectivity index (χ2n) is 8.74. The molecule has 0 heterocycles. The molecule has 0 bridgehead atoms. The molecule has 1 amide bonds. The van der Waals surface area contributed by atoms with Gasteiger partial charge in [-0.05, 0) is 31.4 Å². The summed E-state index contributed by atoms with van der Waals surface area (Å²) >= 11 is 0. The Bertz CT molecular complexity index is 688. The molecule has 5 heteroatoms. The van der Waals surface area contributed by atoms with Gasteiger partial charge in [0.15, 0.2) is 0 Å². The molecule has 0 unspecified atom stereocenters. The zero-order valence-electron chi connectivity index (χ0n) is 18.8. The third-order valence-corrected chi connectivity index (χ3v) is 6.12. The van der Waals surface area contributed by atoms with Gasteiger partial charge in [0.1, 0.15) is 5.78 Å². The van der Waals surface area contributed by atoms with Crippen LogP contribution in [0, 0.1) is 11.8 Å². The summed E-state index contributed by atoms with van der Waals surface area (Å²) in [5.74, 6) is -0.187. The fraction of sp³-hybridized carbons (Fsp3) is 0.615. The molecule has 4 atom stereocenters. The number of amides is 1. The molecule has 1 saturated carbocycles. The number of anilines is 1. The van der Waals surface area contributed by atoms with E-state index in [1.54, 1.807) is 6.08 Å². The molecule has 1 aliphatic rings. The van der Waals surface area contributed by atoms with Gasteiger partial charge in [0.2, 0.25) is 5.91 Å². The lowest BCUT2D eigenvalue weighted by Gasteiger charge is -2.18. The maximum absolute atomic E-state index is 12.3. The van der Waals surface area contributed by atoms with Crippen LogP contribution in [-0.4, -0.2) is 34.1 Å². The van der Waals surface area contributed by atoms with Crippen molar-refractivity contribution >= 4 is 17.4 Å². The van der Waals surface area contributed by atoms with Crippen LogP contribution in [0.25, 0.3) is 0 Å². The minimum Gasteiger partial charge on any atom is -0.392 e. The zero-order valence-corrected chi connectivity index (χ0v) is 18.8. The maximum atomic E-state index is 12.3. The summed E-state index contributed by atoms with van der Waals surface area (Å²) in [7, 11) is 0. The molecule has 1 aliphatic carbocycles. The van der Waals surface area contributed by atoms with Crippen molar-refractivity contribution in [1.82, 2.24) is 0 Å². The third kappa shape index (κ3) is 9.36. The molecule has 0 aromatic heterocycles. The second-order valence-corrected chi connectivity index (χ2v) is 8.74. The number of carbonyl (C=O) groups is 2. The van der Waals surface area contributed by atoms with Crippen LogP contribution in [0.4, 0.5) is 5.69 Å². The van der Waals surface area contributed by atoms with E-state index in [-0.39, 0.29) is 29.9 Å². The van der Waals surface area contributed by atoms with E-state index in [1.165, 1.54) is 0 Å². The van der Waals surface area contributed by atoms with Gasteiger partial charge in [-0.3, -0.25) is 9.59 Å². The molecule has 3 N–H and O–H groups in total. The Morgan fingerprint density at radius 3 is 2.61 bits per heavy atom. The van der Waals surface area contributed by atoms with Crippen LogP contribution < -0.4 is 5.32 Å². The van der Waals surface area contributed by atoms with Gasteiger partial charge in [0, 0.05) is 30.4 Å². The SMILES string of the molecule is CCCCC[C@H](O)/C=C/[C@H]1[C@H](O)CC(=O)[C@@H]1CCCCCCC(=O)Nc1ccccc1. The molecule has 172 valence electrons. The third-order valence-electron chi connectivity index (χ3n) is 6.12. The van der Waals surface area contributed by atoms with Crippen LogP contribution in [0.1, 0.15) is 77.6 Å². The summed E-state index contributed by atoms with van der Waals surface area (Å²) in [4.78, 5) is 24.3. The molecule has 0 saturated heterocycles. The van der Waals surface area contributed by atoms with E-state index in [0.717, 1.165) is 63.5 Å². The number of rotatable bonds is 14. The van der Waals surface area contributed by atoms with Crippen LogP contribution in [-0.2, 0) is 9.59 Å². The van der Waals surface area contributed by atoms with Gasteiger partial charge in [0.05, 0.1) is 12.2 Å². The highest BCUT2D eigenvalue weighted by Gasteiger charge is 2.39. The van der Waals surface area contributed by atoms with E-state index in [2.05, 4.69) is 12.2 Å². The lowest BCUT2D eigenvalue weighted by atomic mass is 9.88. The van der Waals surface area contributed by atoms with Crippen LogP contribution in [0.15, 0.2) is 42.5 Å². The van der Waals surface area contributed by atoms with Gasteiger partial charge in [-0.15, -0.1) is 0 Å². The van der Waals surface area contributed by atoms with Crippen molar-refractivity contribution in [2.75, 3.05) is 5.32 Å². The number of ketones is 1. The molecule has 31 heavy (non-hydrogen) atoms. The monoisotopic (exact) mass is 429 g/mol. The summed E-state index contributed by atoms with van der Waals surface area (Å²) in [6.45, 7) is 2.13. The average molecular weight is 430 g/mol. The number of hydrogen-bond acceptors (Lipinski definition) is 4. The molecule has 5 nitrogen and oxygen atoms in total. The van der Waals surface area contributed by atoms with E-state index in [4.69, 9.17) is 0 Å². The summed E-state index contributed by atoms with van der Waals surface area (Å²) in [5, 5.41) is 23.3. The Morgan fingerprint density at radius 1 is 1.13 bits per heavy atom. The summed E-state index contributed by atoms with van der Waals surface area (Å²) in [6, 6.07) is 9.46. The minimum absolute atomic E-state index is 0.0305. The quantitative estimate of drug-likeness (QED) is 0.286. The molecule has 1 aromatic rings. The predicted octanol–water partition coefficient (Wildman–Crippen LogP) is 5.03. The molecule has 1 fully saturated rings. The summed E-state index contributed by atoms with van der Waals surface area (Å²) in [6.07, 6.45) is 11.5. The van der Waals surface area contributed by atoms with Gasteiger partial charge < -0.3 is 15.5 Å². The molecule has 0 spiro atoms. The van der Waals surface area contributed by atoms with Gasteiger partial charge in [0.25, 0.3) is 0 Å². The summed E-state index contributed by atoms with van der Waals surface area (Å²) in [5.41, 5.74) is 0.820. The van der Waals surface area contributed by atoms with Crippen molar-refractivity contribution in [2.45, 2.75) is 89.8 Å². The van der Waals surface area contributed by atoms with Crippen molar-refractivity contribution in [1.29, 1.82) is 0 Å². The fourth-order valence-electron chi connectivity index (χ4n) is 4.30. The number of nitrogens with one attached hydrogen (secondary N) is 1. The van der Waals surface area contributed by atoms with E-state index < -0.39 is 12.2 Å². The molecule has 1 aromatic carbocycles. The number of benzene rings is 1. The van der Waals surface area contributed by atoms with Gasteiger partial charge in [-0.1, -0.05) is 75.8 Å². The maximum Gasteiger partial charge on any atom is 0.224 e. The topological polar surface area (TPSA) is 86.6 Å². The van der Waals surface area contributed by atoms with E-state index >= 15 is 0 Å². The fourth-order valence-corrected chi connectivity index (χ4v) is 4.30. The van der Waals surface area contributed by atoms with Crippen LogP contribution >= 0.6 is 0 Å². The number of hydrogen-bond donors (Lipinski definition) is 3. The van der Waals surface area contributed by atoms with Crippen LogP contribution in [0.5, 0.6) is 0 Å². The molecular formula is C26H39NO4. The Labute approximate surface area is 186 Å². The van der Waals surface area contributed by atoms with Crippen molar-refractivity contribution in [2.24, 2.45) is 11.8 Å². The van der Waals surface area contributed by atoms with Crippen molar-refractivity contribution in [3.63, 3.8) is 0 Å². The molecule has 0 aliphatic heterocycles. The zero-order chi connectivity index (χ0) is 22.5. The normalized spacial score (nSPS) is 22.2. The van der Waals surface area contributed by atoms with Gasteiger partial charge >= 0.3 is 0 Å². The first-order chi connectivity index (χ1) is 15.0. The second kappa shape index (κ2) is 14.2. The standard InChI is InChI=1S/C26H39NO4/c1-2-3-7-14-21(28)17-18-23-22(24(29)19-25(23)30)15-10-4-5-11-16-26(31)27-20-12-8-6-9-13-20/h6,8-9,12-13,17-18,21-23,25,28,30H,2-5,7,10-11,14-16,19H2,1H3,(H,27,31)/b18-17+/t21-,22+,23+,25+/m0/s1. The number of aliphatic hydroxyl groups excluding tert-OH is 2. The minimum atomic E-state index is -0.640. The Kier molecular flexibility index (Phi) is 11.5. The Hall–Kier alpha value is -1.98. The Balaban J connectivity index is 1.66. The highest BCUT2D eigenvalue weighted by molar-refractivity contribution is 5.90. The lowest BCUT2D eigenvalue weighted by Crippen LogP contribution is -2.19. The molecule has 2 rings (SSSR count). The highest BCUT2D eigenvalue weighted by atomic mass is 16.3. The Morgan fingerprint density at radius 2 is 1.87 bits per heavy atom. The molecular weight excluding hydrogens is 390 g/mol. The van der Waals surface area contributed by atoms with Crippen LogP contribution in [0.3, 0.4) is 0 Å². The van der Waals surface area contributed by atoms with Gasteiger partial charge in [-0.25, -0.2) is 0 Å². The van der Waals surface area contributed by atoms with Crippen LogP contribution in [0.2, 0.25) is 0 Å². The number of Topliss-reactive ketones (excluding diaryl/α,β-unsaturated/α-hetero) is 1. The smallest absolute Gasteiger partial charge is 0.224 e. The summed E-state index contributed by atoms with van der Waals surface area (Å²) < 4.78 is 0. The number of aliphatic hydroxyl groups is 2. The van der Waals surface area contributed by atoms with Crippen molar-refractivity contribution in [3.8, 4) is 0 Å². The number of para-hydroxylation sites is 1. The van der Waals surface area contributed by atoms with Crippen molar-refractivity contribution < 1.29 is 19.8 Å². The predicted molar refractivity (Wildman–Crippen MR) is 125 cm³/mol. The first-order valence-electron chi connectivity index (χ1n) is 11.9. The van der Waals surface area contributed by atoms with E-state index in [9.17, 15) is 19.8 Å².